The third kappa shape index (κ3) is 6.32. The van der Waals surface area contributed by atoms with Crippen molar-refractivity contribution in [1.29, 1.82) is 5.26 Å². The Labute approximate surface area is 195 Å². The van der Waals surface area contributed by atoms with Gasteiger partial charge < -0.3 is 14.9 Å². The van der Waals surface area contributed by atoms with Gasteiger partial charge in [-0.15, -0.1) is 0 Å². The van der Waals surface area contributed by atoms with Crippen LogP contribution in [0.2, 0.25) is 0 Å². The van der Waals surface area contributed by atoms with Gasteiger partial charge in [-0.05, 0) is 50.4 Å². The first-order valence-corrected chi connectivity index (χ1v) is 11.9. The smallest absolute Gasteiger partial charge is 0.287 e. The maximum atomic E-state index is 12.2. The summed E-state index contributed by atoms with van der Waals surface area (Å²) >= 11 is 0. The Morgan fingerprint density at radius 3 is 2.91 bits per heavy atom. The summed E-state index contributed by atoms with van der Waals surface area (Å²) in [7, 11) is 0. The molecule has 0 aromatic carbocycles. The molecule has 0 bridgehead atoms. The monoisotopic (exact) mass is 444 g/mol. The van der Waals surface area contributed by atoms with Gasteiger partial charge in [0.15, 0.2) is 11.5 Å². The van der Waals surface area contributed by atoms with Gasteiger partial charge in [0.2, 0.25) is 0 Å². The van der Waals surface area contributed by atoms with Gasteiger partial charge in [-0.3, -0.25) is 4.79 Å². The third-order valence-electron chi connectivity index (χ3n) is 6.93. The largest absolute Gasteiger partial charge is 0.346 e. The van der Waals surface area contributed by atoms with E-state index in [1.54, 1.807) is 11.8 Å². The molecule has 2 aliphatic rings. The number of nitrogens with zero attached hydrogens (tertiary/aromatic N) is 4. The second-order valence-electron chi connectivity index (χ2n) is 9.17. The van der Waals surface area contributed by atoms with E-state index in [-0.39, 0.29) is 17.4 Å². The second kappa shape index (κ2) is 11.0. The molecule has 1 spiro atoms. The molecular weight excluding hydrogens is 412 g/mol. The van der Waals surface area contributed by atoms with Crippen LogP contribution in [0.3, 0.4) is 0 Å². The lowest BCUT2D eigenvalue weighted by Gasteiger charge is -2.32. The molecule has 2 aliphatic carbocycles. The lowest BCUT2D eigenvalue weighted by Crippen LogP contribution is -2.24. The number of nitrogens with one attached hydrogen (secondary N) is 2. The van der Waals surface area contributed by atoms with E-state index in [0.717, 1.165) is 19.4 Å². The normalized spacial score (nSPS) is 17.9. The number of H-pyrrole nitrogens is 1. The van der Waals surface area contributed by atoms with Crippen molar-refractivity contribution >= 4 is 5.91 Å². The SMILES string of the molecule is N#Cc1c[nH]c(C(=O)NC/C=C\C(=C/CC2=CCC3(CCCC3)CC2)CCn2ccnc2)n1. The first-order valence-electron chi connectivity index (χ1n) is 11.9. The summed E-state index contributed by atoms with van der Waals surface area (Å²) in [6, 6.07) is 1.91. The summed E-state index contributed by atoms with van der Waals surface area (Å²) < 4.78 is 2.08. The van der Waals surface area contributed by atoms with Gasteiger partial charge in [0.05, 0.1) is 6.33 Å². The highest BCUT2D eigenvalue weighted by Gasteiger charge is 2.34. The molecule has 0 unspecified atom stereocenters. The number of amides is 1. The fourth-order valence-corrected chi connectivity index (χ4v) is 4.89. The molecule has 1 saturated carbocycles. The van der Waals surface area contributed by atoms with Crippen molar-refractivity contribution in [3.8, 4) is 6.07 Å². The van der Waals surface area contributed by atoms with Crippen LogP contribution >= 0.6 is 0 Å². The first-order chi connectivity index (χ1) is 16.2. The number of hydrogen-bond donors (Lipinski definition) is 2. The highest BCUT2D eigenvalue weighted by Crippen LogP contribution is 2.48. The van der Waals surface area contributed by atoms with Crippen molar-refractivity contribution < 1.29 is 4.79 Å². The second-order valence-corrected chi connectivity index (χ2v) is 9.17. The molecule has 2 N–H and O–H groups in total. The fraction of sp³-hybridized carbons (Fsp3) is 0.462. The molecule has 7 heteroatoms. The van der Waals surface area contributed by atoms with Gasteiger partial charge in [-0.1, -0.05) is 48.3 Å². The van der Waals surface area contributed by atoms with Crippen molar-refractivity contribution in [2.75, 3.05) is 6.54 Å². The summed E-state index contributed by atoms with van der Waals surface area (Å²) in [6.07, 6.45) is 27.3. The number of aromatic amines is 1. The number of aryl methyl sites for hydroxylation is 1. The molecule has 33 heavy (non-hydrogen) atoms. The third-order valence-corrected chi connectivity index (χ3v) is 6.93. The quantitative estimate of drug-likeness (QED) is 0.427. The molecule has 2 heterocycles. The minimum Gasteiger partial charge on any atom is -0.346 e. The predicted octanol–water partition coefficient (Wildman–Crippen LogP) is 4.84. The Bertz CT molecular complexity index is 1060. The molecule has 2 aromatic heterocycles. The molecule has 1 fully saturated rings. The van der Waals surface area contributed by atoms with E-state index < -0.39 is 0 Å². The number of aromatic nitrogens is 4. The van der Waals surface area contributed by atoms with Gasteiger partial charge in [-0.2, -0.15) is 5.26 Å². The van der Waals surface area contributed by atoms with Gasteiger partial charge in [0.1, 0.15) is 6.07 Å². The van der Waals surface area contributed by atoms with Crippen molar-refractivity contribution in [3.63, 3.8) is 0 Å². The molecule has 2 aromatic rings. The number of rotatable bonds is 9. The van der Waals surface area contributed by atoms with Crippen LogP contribution in [0.1, 0.15) is 74.1 Å². The minimum atomic E-state index is -0.321. The molecule has 0 saturated heterocycles. The van der Waals surface area contributed by atoms with Crippen molar-refractivity contribution in [1.82, 2.24) is 24.8 Å². The van der Waals surface area contributed by atoms with E-state index in [1.807, 2.05) is 24.7 Å². The predicted molar refractivity (Wildman–Crippen MR) is 127 cm³/mol. The van der Waals surface area contributed by atoms with Crippen LogP contribution in [0.4, 0.5) is 0 Å². The molecule has 0 aliphatic heterocycles. The topological polar surface area (TPSA) is 99.4 Å². The summed E-state index contributed by atoms with van der Waals surface area (Å²) in [6.45, 7) is 1.27. The van der Waals surface area contributed by atoms with Crippen molar-refractivity contribution in [3.05, 3.63) is 71.9 Å². The van der Waals surface area contributed by atoms with Gasteiger partial charge >= 0.3 is 0 Å². The van der Waals surface area contributed by atoms with E-state index >= 15 is 0 Å². The van der Waals surface area contributed by atoms with E-state index in [0.29, 0.717) is 12.0 Å². The Morgan fingerprint density at radius 1 is 1.33 bits per heavy atom. The molecule has 0 radical (unpaired) electrons. The highest BCUT2D eigenvalue weighted by molar-refractivity contribution is 5.90. The Morgan fingerprint density at radius 2 is 2.21 bits per heavy atom. The standard InChI is InChI=1S/C26H32N6O/c27-18-23-19-30-24(31-23)25(33)29-14-3-4-21(9-16-32-17-15-28-20-32)5-6-22-7-12-26(13-8-22)10-1-2-11-26/h3-5,7,15,17,19-20H,1-2,6,8-14,16H2,(H,29,33)(H,30,31)/b4-3-,21-5+. The summed E-state index contributed by atoms with van der Waals surface area (Å²) in [5.74, 6) is -0.168. The number of carbonyl (C=O) groups excluding carboxylic acids is 1. The lowest BCUT2D eigenvalue weighted by molar-refractivity contribution is 0.0948. The summed E-state index contributed by atoms with van der Waals surface area (Å²) in [5, 5.41) is 11.6. The van der Waals surface area contributed by atoms with Crippen LogP contribution in [0.15, 0.2) is 60.4 Å². The number of nitriles is 1. The Hall–Kier alpha value is -3.40. The Balaban J connectivity index is 1.33. The molecule has 172 valence electrons. The summed E-state index contributed by atoms with van der Waals surface area (Å²) in [5.41, 5.74) is 3.62. The zero-order chi connectivity index (χ0) is 22.9. The number of imidazole rings is 2. The first kappa shape index (κ1) is 22.8. The van der Waals surface area contributed by atoms with Crippen LogP contribution in [-0.4, -0.2) is 32.0 Å². The summed E-state index contributed by atoms with van der Waals surface area (Å²) in [4.78, 5) is 22.9. The minimum absolute atomic E-state index is 0.153. The fourth-order valence-electron chi connectivity index (χ4n) is 4.89. The van der Waals surface area contributed by atoms with Crippen LogP contribution in [0.5, 0.6) is 0 Å². The lowest BCUT2D eigenvalue weighted by atomic mass is 9.73. The van der Waals surface area contributed by atoms with Crippen LogP contribution < -0.4 is 5.32 Å². The van der Waals surface area contributed by atoms with Crippen molar-refractivity contribution in [2.45, 2.75) is 64.3 Å². The maximum absolute atomic E-state index is 12.2. The molecule has 7 nitrogen and oxygen atoms in total. The van der Waals surface area contributed by atoms with Gasteiger partial charge in [0, 0.05) is 31.7 Å². The van der Waals surface area contributed by atoms with E-state index in [1.165, 1.54) is 56.7 Å². The average molecular weight is 445 g/mol. The Kier molecular flexibility index (Phi) is 7.56. The molecule has 1 amide bonds. The molecule has 4 rings (SSSR count). The number of allylic oxidation sites excluding steroid dienone is 5. The van der Waals surface area contributed by atoms with E-state index in [2.05, 4.69) is 43.1 Å². The average Bonchev–Trinajstić information content (AvgIpc) is 3.61. The number of hydrogen-bond acceptors (Lipinski definition) is 4. The van der Waals surface area contributed by atoms with Crippen molar-refractivity contribution in [2.24, 2.45) is 5.41 Å². The highest BCUT2D eigenvalue weighted by atomic mass is 16.2. The van der Waals surface area contributed by atoms with E-state index in [9.17, 15) is 4.79 Å². The van der Waals surface area contributed by atoms with E-state index in [4.69, 9.17) is 5.26 Å². The molecule has 0 atom stereocenters. The maximum Gasteiger partial charge on any atom is 0.287 e. The zero-order valence-corrected chi connectivity index (χ0v) is 19.1. The van der Waals surface area contributed by atoms with Crippen LogP contribution in [0, 0.1) is 16.7 Å². The van der Waals surface area contributed by atoms with Gasteiger partial charge in [-0.25, -0.2) is 9.97 Å². The van der Waals surface area contributed by atoms with Gasteiger partial charge in [0.25, 0.3) is 5.91 Å². The van der Waals surface area contributed by atoms with Crippen LogP contribution in [0.25, 0.3) is 0 Å². The zero-order valence-electron chi connectivity index (χ0n) is 19.1. The molecular formula is C26H32N6O. The number of carbonyl (C=O) groups is 1. The van der Waals surface area contributed by atoms with Crippen LogP contribution in [-0.2, 0) is 6.54 Å².